The fourth-order valence-corrected chi connectivity index (χ4v) is 5.70. The van der Waals surface area contributed by atoms with Crippen molar-refractivity contribution >= 4 is 27.5 Å². The van der Waals surface area contributed by atoms with Crippen LogP contribution in [0, 0.1) is 12.8 Å². The van der Waals surface area contributed by atoms with E-state index in [1.165, 1.54) is 37.3 Å². The monoisotopic (exact) mass is 581 g/mol. The summed E-state index contributed by atoms with van der Waals surface area (Å²) in [6.45, 7) is 7.64. The van der Waals surface area contributed by atoms with Gasteiger partial charge < -0.3 is 19.7 Å². The van der Waals surface area contributed by atoms with Crippen LogP contribution in [0.15, 0.2) is 77.7 Å². The number of methoxy groups -OCH3 is 2. The lowest BCUT2D eigenvalue weighted by Crippen LogP contribution is -2.51. The molecule has 0 fully saturated rings. The number of hydrogen-bond acceptors (Lipinski definition) is 6. The van der Waals surface area contributed by atoms with E-state index in [0.29, 0.717) is 18.0 Å². The van der Waals surface area contributed by atoms with Crippen LogP contribution in [0.2, 0.25) is 0 Å². The first kappa shape index (κ1) is 31.5. The molecule has 0 aliphatic heterocycles. The molecule has 1 N–H and O–H groups in total. The Balaban J connectivity index is 2.03. The van der Waals surface area contributed by atoms with Gasteiger partial charge in [0, 0.05) is 19.2 Å². The molecule has 41 heavy (non-hydrogen) atoms. The second-order valence-corrected chi connectivity index (χ2v) is 12.1. The van der Waals surface area contributed by atoms with E-state index in [4.69, 9.17) is 9.47 Å². The quantitative estimate of drug-likeness (QED) is 0.321. The van der Waals surface area contributed by atoms with Crippen molar-refractivity contribution in [3.05, 3.63) is 83.9 Å². The molecule has 3 aromatic rings. The molecule has 10 heteroatoms. The number of amides is 2. The van der Waals surface area contributed by atoms with Crippen molar-refractivity contribution in [2.45, 2.75) is 45.2 Å². The first-order chi connectivity index (χ1) is 19.5. The van der Waals surface area contributed by atoms with Crippen molar-refractivity contribution in [2.75, 3.05) is 31.6 Å². The van der Waals surface area contributed by atoms with E-state index in [-0.39, 0.29) is 29.0 Å². The number of nitrogens with zero attached hydrogens (tertiary/aromatic N) is 2. The van der Waals surface area contributed by atoms with Gasteiger partial charge in [-0.05, 0) is 49.6 Å². The Morgan fingerprint density at radius 2 is 1.56 bits per heavy atom. The lowest BCUT2D eigenvalue weighted by atomic mass is 10.1. The number of rotatable bonds is 13. The molecule has 0 heterocycles. The molecule has 9 nitrogen and oxygen atoms in total. The summed E-state index contributed by atoms with van der Waals surface area (Å²) < 4.78 is 39.7. The predicted molar refractivity (Wildman–Crippen MR) is 160 cm³/mol. The van der Waals surface area contributed by atoms with Gasteiger partial charge in [0.1, 0.15) is 12.6 Å². The second-order valence-electron chi connectivity index (χ2n) is 10.2. The number of hydrogen-bond donors (Lipinski definition) is 1. The number of sulfonamides is 1. The molecule has 2 amide bonds. The third-order valence-corrected chi connectivity index (χ3v) is 8.32. The van der Waals surface area contributed by atoms with Crippen LogP contribution in [0.4, 0.5) is 5.69 Å². The van der Waals surface area contributed by atoms with E-state index in [1.807, 2.05) is 45.0 Å². The first-order valence-electron chi connectivity index (χ1n) is 13.4. The maximum Gasteiger partial charge on any atom is 0.264 e. The average Bonchev–Trinajstić information content (AvgIpc) is 2.96. The number of nitrogens with one attached hydrogen (secondary N) is 1. The molecule has 0 unspecified atom stereocenters. The molecule has 3 aromatic carbocycles. The number of ether oxygens (including phenoxy) is 2. The summed E-state index contributed by atoms with van der Waals surface area (Å²) >= 11 is 0. The third-order valence-electron chi connectivity index (χ3n) is 6.55. The van der Waals surface area contributed by atoms with Gasteiger partial charge in [-0.15, -0.1) is 0 Å². The van der Waals surface area contributed by atoms with E-state index in [2.05, 4.69) is 5.32 Å². The molecule has 1 atom stereocenters. The summed E-state index contributed by atoms with van der Waals surface area (Å²) in [5.41, 5.74) is 2.15. The highest BCUT2D eigenvalue weighted by molar-refractivity contribution is 7.92. The number of aryl methyl sites for hydroxylation is 1. The standard InChI is InChI=1S/C31H39N3O6S/c1-22(2)19-32-31(36)24(4)33(20-25-12-10-11-23(3)17-25)30(35)21-34(26-13-8-7-9-14-26)41(37,38)27-15-16-28(39-5)29(18-27)40-6/h7-18,22,24H,19-21H2,1-6H3,(H,32,36)/t24-/m1/s1. The fourth-order valence-electron chi connectivity index (χ4n) is 4.27. The fraction of sp³-hybridized carbons (Fsp3) is 0.355. The molecule has 0 radical (unpaired) electrons. The molecule has 0 saturated heterocycles. The molecule has 0 bridgehead atoms. The zero-order chi connectivity index (χ0) is 30.2. The Bertz CT molecular complexity index is 1440. The van der Waals surface area contributed by atoms with Gasteiger partial charge in [-0.2, -0.15) is 0 Å². The highest BCUT2D eigenvalue weighted by atomic mass is 32.2. The number of para-hydroxylation sites is 1. The lowest BCUT2D eigenvalue weighted by molar-refractivity contribution is -0.139. The van der Waals surface area contributed by atoms with Gasteiger partial charge in [0.05, 0.1) is 24.8 Å². The van der Waals surface area contributed by atoms with Crippen LogP contribution in [-0.2, 0) is 26.2 Å². The highest BCUT2D eigenvalue weighted by Crippen LogP contribution is 2.32. The number of benzene rings is 3. The maximum atomic E-state index is 14.0. The minimum atomic E-state index is -4.24. The molecule has 0 saturated carbocycles. The number of anilines is 1. The Labute approximate surface area is 243 Å². The van der Waals surface area contributed by atoms with Gasteiger partial charge in [-0.25, -0.2) is 8.42 Å². The molecule has 3 rings (SSSR count). The maximum absolute atomic E-state index is 14.0. The second kappa shape index (κ2) is 14.0. The van der Waals surface area contributed by atoms with Crippen LogP contribution in [0.3, 0.4) is 0 Å². The smallest absolute Gasteiger partial charge is 0.264 e. The molecular formula is C31H39N3O6S. The van der Waals surface area contributed by atoms with Crippen LogP contribution < -0.4 is 19.1 Å². The van der Waals surface area contributed by atoms with Gasteiger partial charge in [-0.1, -0.05) is 61.9 Å². The normalized spacial score (nSPS) is 12.0. The van der Waals surface area contributed by atoms with Gasteiger partial charge in [0.15, 0.2) is 11.5 Å². The average molecular weight is 582 g/mol. The molecule has 0 aromatic heterocycles. The van der Waals surface area contributed by atoms with Crippen molar-refractivity contribution in [2.24, 2.45) is 5.92 Å². The van der Waals surface area contributed by atoms with E-state index in [0.717, 1.165) is 15.4 Å². The largest absolute Gasteiger partial charge is 0.493 e. The van der Waals surface area contributed by atoms with Crippen molar-refractivity contribution in [3.63, 3.8) is 0 Å². The SMILES string of the molecule is COc1ccc(S(=O)(=O)N(CC(=O)N(Cc2cccc(C)c2)[C@H](C)C(=O)NCC(C)C)c2ccccc2)cc1OC. The van der Waals surface area contributed by atoms with Crippen molar-refractivity contribution in [1.82, 2.24) is 10.2 Å². The van der Waals surface area contributed by atoms with E-state index in [9.17, 15) is 18.0 Å². The van der Waals surface area contributed by atoms with Crippen LogP contribution >= 0.6 is 0 Å². The Morgan fingerprint density at radius 1 is 0.878 bits per heavy atom. The van der Waals surface area contributed by atoms with Gasteiger partial charge >= 0.3 is 0 Å². The first-order valence-corrected chi connectivity index (χ1v) is 14.8. The topological polar surface area (TPSA) is 105 Å². The summed E-state index contributed by atoms with van der Waals surface area (Å²) in [4.78, 5) is 28.4. The lowest BCUT2D eigenvalue weighted by Gasteiger charge is -2.32. The van der Waals surface area contributed by atoms with Gasteiger partial charge in [0.2, 0.25) is 11.8 Å². The zero-order valence-corrected chi connectivity index (χ0v) is 25.3. The summed E-state index contributed by atoms with van der Waals surface area (Å²) in [5.74, 6) is 0.0105. The molecular weight excluding hydrogens is 542 g/mol. The molecule has 0 spiro atoms. The summed E-state index contributed by atoms with van der Waals surface area (Å²) in [7, 11) is -1.36. The summed E-state index contributed by atoms with van der Waals surface area (Å²) in [6.07, 6.45) is 0. The Hall–Kier alpha value is -4.05. The predicted octanol–water partition coefficient (Wildman–Crippen LogP) is 4.40. The van der Waals surface area contributed by atoms with Crippen molar-refractivity contribution in [1.29, 1.82) is 0 Å². The third kappa shape index (κ3) is 8.00. The van der Waals surface area contributed by atoms with Crippen molar-refractivity contribution < 1.29 is 27.5 Å². The van der Waals surface area contributed by atoms with Crippen LogP contribution in [0.5, 0.6) is 11.5 Å². The van der Waals surface area contributed by atoms with E-state index in [1.54, 1.807) is 37.3 Å². The van der Waals surface area contributed by atoms with Crippen LogP contribution in [0.1, 0.15) is 31.9 Å². The molecule has 0 aliphatic rings. The number of carbonyl (C=O) groups is 2. The summed E-state index contributed by atoms with van der Waals surface area (Å²) in [5, 5.41) is 2.89. The highest BCUT2D eigenvalue weighted by Gasteiger charge is 2.33. The minimum absolute atomic E-state index is 0.0697. The zero-order valence-electron chi connectivity index (χ0n) is 24.5. The van der Waals surface area contributed by atoms with Crippen LogP contribution in [-0.4, -0.2) is 58.5 Å². The number of carbonyl (C=O) groups excluding carboxylic acids is 2. The van der Waals surface area contributed by atoms with Gasteiger partial charge in [-0.3, -0.25) is 13.9 Å². The Kier molecular flexibility index (Phi) is 10.8. The molecule has 0 aliphatic carbocycles. The minimum Gasteiger partial charge on any atom is -0.493 e. The summed E-state index contributed by atoms with van der Waals surface area (Å²) in [6, 6.07) is 19.5. The molecule has 220 valence electrons. The van der Waals surface area contributed by atoms with Crippen molar-refractivity contribution in [3.8, 4) is 11.5 Å². The van der Waals surface area contributed by atoms with E-state index >= 15 is 0 Å². The van der Waals surface area contributed by atoms with E-state index < -0.39 is 28.5 Å². The van der Waals surface area contributed by atoms with Gasteiger partial charge in [0.25, 0.3) is 10.0 Å². The van der Waals surface area contributed by atoms with Crippen LogP contribution in [0.25, 0.3) is 0 Å². The Morgan fingerprint density at radius 3 is 2.17 bits per heavy atom.